The van der Waals surface area contributed by atoms with Crippen LogP contribution in [0.15, 0.2) is 43.0 Å². The maximum Gasteiger partial charge on any atom is 0.147 e. The maximum atomic E-state index is 5.56. The first-order valence-corrected chi connectivity index (χ1v) is 5.71. The number of rotatable bonds is 8. The molecule has 0 saturated heterocycles. The van der Waals surface area contributed by atoms with Crippen LogP contribution in [0.3, 0.4) is 0 Å². The summed E-state index contributed by atoms with van der Waals surface area (Å²) in [6.45, 7) is 6.76. The topological polar surface area (TPSA) is 18.5 Å². The highest BCUT2D eigenvalue weighted by molar-refractivity contribution is 5.13. The van der Waals surface area contributed by atoms with E-state index in [1.54, 1.807) is 0 Å². The number of ether oxygens (including phenoxy) is 2. The van der Waals surface area contributed by atoms with E-state index in [1.165, 1.54) is 5.56 Å². The molecule has 0 aliphatic carbocycles. The molecule has 2 nitrogen and oxygen atoms in total. The van der Waals surface area contributed by atoms with E-state index in [2.05, 4.69) is 13.5 Å². The van der Waals surface area contributed by atoms with Crippen LogP contribution in [-0.2, 0) is 16.1 Å². The van der Waals surface area contributed by atoms with Crippen molar-refractivity contribution in [2.45, 2.75) is 32.5 Å². The van der Waals surface area contributed by atoms with Crippen LogP contribution in [-0.4, -0.2) is 12.9 Å². The summed E-state index contributed by atoms with van der Waals surface area (Å²) in [6, 6.07) is 10.1. The van der Waals surface area contributed by atoms with E-state index in [0.29, 0.717) is 13.4 Å². The molecule has 0 fully saturated rings. The molecule has 16 heavy (non-hydrogen) atoms. The molecule has 1 atom stereocenters. The molecule has 0 N–H and O–H groups in total. The molecule has 0 heterocycles. The van der Waals surface area contributed by atoms with Gasteiger partial charge in [0, 0.05) is 0 Å². The van der Waals surface area contributed by atoms with Gasteiger partial charge in [0.05, 0.1) is 12.7 Å². The summed E-state index contributed by atoms with van der Waals surface area (Å²) < 4.78 is 11.0. The zero-order chi connectivity index (χ0) is 11.6. The monoisotopic (exact) mass is 220 g/mol. The molecule has 0 unspecified atom stereocenters. The smallest absolute Gasteiger partial charge is 0.147 e. The van der Waals surface area contributed by atoms with Gasteiger partial charge in [-0.15, -0.1) is 6.58 Å². The second kappa shape index (κ2) is 8.08. The van der Waals surface area contributed by atoms with Crippen molar-refractivity contribution in [2.24, 2.45) is 0 Å². The van der Waals surface area contributed by atoms with Crippen molar-refractivity contribution in [1.82, 2.24) is 0 Å². The van der Waals surface area contributed by atoms with Crippen LogP contribution in [0.5, 0.6) is 0 Å². The summed E-state index contributed by atoms with van der Waals surface area (Å²) in [5.41, 5.74) is 1.17. The van der Waals surface area contributed by atoms with Gasteiger partial charge >= 0.3 is 0 Å². The van der Waals surface area contributed by atoms with E-state index < -0.39 is 0 Å². The van der Waals surface area contributed by atoms with Crippen LogP contribution < -0.4 is 0 Å². The first-order chi connectivity index (χ1) is 7.86. The van der Waals surface area contributed by atoms with Gasteiger partial charge in [-0.1, -0.05) is 43.3 Å². The fraction of sp³-hybridized carbons (Fsp3) is 0.429. The van der Waals surface area contributed by atoms with Crippen molar-refractivity contribution >= 4 is 0 Å². The Labute approximate surface area is 97.9 Å². The van der Waals surface area contributed by atoms with E-state index in [1.807, 2.05) is 36.4 Å². The lowest BCUT2D eigenvalue weighted by atomic mass is 10.2. The van der Waals surface area contributed by atoms with Crippen LogP contribution >= 0.6 is 0 Å². The minimum absolute atomic E-state index is 0.230. The van der Waals surface area contributed by atoms with Crippen LogP contribution in [0.25, 0.3) is 0 Å². The quantitative estimate of drug-likeness (QED) is 0.379. The summed E-state index contributed by atoms with van der Waals surface area (Å²) in [6.07, 6.45) is 3.98. The van der Waals surface area contributed by atoms with Gasteiger partial charge in [0.1, 0.15) is 6.79 Å². The third kappa shape index (κ3) is 5.10. The lowest BCUT2D eigenvalue weighted by Crippen LogP contribution is -2.13. The van der Waals surface area contributed by atoms with Crippen LogP contribution in [0, 0.1) is 0 Å². The molecule has 0 aliphatic heterocycles. The molecule has 0 aliphatic rings. The highest BCUT2D eigenvalue weighted by Crippen LogP contribution is 2.05. The molecule has 2 heteroatoms. The highest BCUT2D eigenvalue weighted by atomic mass is 16.7. The Hall–Kier alpha value is -1.12. The standard InChI is InChI=1S/C14H20O2/c1-3-8-14(4-2)16-12-15-11-13-9-6-5-7-10-13/h3,5-7,9-10,14H,1,4,8,11-12H2,2H3/t14-/m0/s1. The van der Waals surface area contributed by atoms with Crippen molar-refractivity contribution in [3.63, 3.8) is 0 Å². The average Bonchev–Trinajstić information content (AvgIpc) is 2.34. The molecule has 1 rings (SSSR count). The predicted molar refractivity (Wildman–Crippen MR) is 66.1 cm³/mol. The molecule has 0 radical (unpaired) electrons. The molecular formula is C14H20O2. The zero-order valence-electron chi connectivity index (χ0n) is 9.89. The molecule has 1 aromatic carbocycles. The first kappa shape index (κ1) is 12.9. The van der Waals surface area contributed by atoms with Gasteiger partial charge in [0.2, 0.25) is 0 Å². The third-order valence-electron chi connectivity index (χ3n) is 2.38. The van der Waals surface area contributed by atoms with E-state index in [0.717, 1.165) is 12.8 Å². The molecule has 0 amide bonds. The van der Waals surface area contributed by atoms with E-state index in [4.69, 9.17) is 9.47 Å². The SMILES string of the molecule is C=CC[C@H](CC)OCOCc1ccccc1. The molecule has 0 saturated carbocycles. The average molecular weight is 220 g/mol. The molecule has 1 aromatic rings. The van der Waals surface area contributed by atoms with Crippen molar-refractivity contribution in [3.8, 4) is 0 Å². The van der Waals surface area contributed by atoms with E-state index >= 15 is 0 Å². The third-order valence-corrected chi connectivity index (χ3v) is 2.38. The Bertz CT molecular complexity index is 282. The molecular weight excluding hydrogens is 200 g/mol. The van der Waals surface area contributed by atoms with Gasteiger partial charge in [-0.05, 0) is 18.4 Å². The Morgan fingerprint density at radius 1 is 1.31 bits per heavy atom. The number of hydrogen-bond acceptors (Lipinski definition) is 2. The lowest BCUT2D eigenvalue weighted by Gasteiger charge is -2.14. The molecule has 0 aromatic heterocycles. The second-order valence-corrected chi connectivity index (χ2v) is 3.67. The van der Waals surface area contributed by atoms with Crippen LogP contribution in [0.1, 0.15) is 25.3 Å². The van der Waals surface area contributed by atoms with Gasteiger partial charge < -0.3 is 9.47 Å². The molecule has 0 bridgehead atoms. The lowest BCUT2D eigenvalue weighted by molar-refractivity contribution is -0.0954. The first-order valence-electron chi connectivity index (χ1n) is 5.71. The minimum atomic E-state index is 0.230. The highest BCUT2D eigenvalue weighted by Gasteiger charge is 2.03. The summed E-state index contributed by atoms with van der Waals surface area (Å²) in [5, 5.41) is 0. The summed E-state index contributed by atoms with van der Waals surface area (Å²) in [7, 11) is 0. The van der Waals surface area contributed by atoms with Crippen LogP contribution in [0.2, 0.25) is 0 Å². The summed E-state index contributed by atoms with van der Waals surface area (Å²) >= 11 is 0. The van der Waals surface area contributed by atoms with E-state index in [-0.39, 0.29) is 6.10 Å². The Morgan fingerprint density at radius 3 is 2.69 bits per heavy atom. The fourth-order valence-corrected chi connectivity index (χ4v) is 1.42. The van der Waals surface area contributed by atoms with Crippen molar-refractivity contribution < 1.29 is 9.47 Å². The van der Waals surface area contributed by atoms with Crippen molar-refractivity contribution in [3.05, 3.63) is 48.6 Å². The minimum Gasteiger partial charge on any atom is -0.352 e. The fourth-order valence-electron chi connectivity index (χ4n) is 1.42. The Morgan fingerprint density at radius 2 is 2.06 bits per heavy atom. The Balaban J connectivity index is 2.13. The van der Waals surface area contributed by atoms with Gasteiger partial charge in [0.15, 0.2) is 0 Å². The van der Waals surface area contributed by atoms with Crippen molar-refractivity contribution in [2.75, 3.05) is 6.79 Å². The van der Waals surface area contributed by atoms with Gasteiger partial charge in [-0.3, -0.25) is 0 Å². The molecule has 88 valence electrons. The summed E-state index contributed by atoms with van der Waals surface area (Å²) in [4.78, 5) is 0. The van der Waals surface area contributed by atoms with Gasteiger partial charge in [0.25, 0.3) is 0 Å². The maximum absolute atomic E-state index is 5.56. The summed E-state index contributed by atoms with van der Waals surface area (Å²) in [5.74, 6) is 0. The Kier molecular flexibility index (Phi) is 6.54. The predicted octanol–water partition coefficient (Wildman–Crippen LogP) is 3.53. The largest absolute Gasteiger partial charge is 0.352 e. The van der Waals surface area contributed by atoms with Crippen molar-refractivity contribution in [1.29, 1.82) is 0 Å². The second-order valence-electron chi connectivity index (χ2n) is 3.67. The normalized spacial score (nSPS) is 12.3. The number of hydrogen-bond donors (Lipinski definition) is 0. The van der Waals surface area contributed by atoms with Gasteiger partial charge in [-0.2, -0.15) is 0 Å². The van der Waals surface area contributed by atoms with E-state index in [9.17, 15) is 0 Å². The zero-order valence-corrected chi connectivity index (χ0v) is 9.89. The van der Waals surface area contributed by atoms with Gasteiger partial charge in [-0.25, -0.2) is 0 Å². The molecule has 0 spiro atoms. The van der Waals surface area contributed by atoms with Crippen LogP contribution in [0.4, 0.5) is 0 Å². The number of benzene rings is 1.